The molecule has 0 bridgehead atoms. The molecule has 2 aromatic rings. The number of anilines is 1. The van der Waals surface area contributed by atoms with Crippen LogP contribution in [0.3, 0.4) is 0 Å². The van der Waals surface area contributed by atoms with E-state index >= 15 is 0 Å². The summed E-state index contributed by atoms with van der Waals surface area (Å²) in [6.45, 7) is 5.63. The van der Waals surface area contributed by atoms with Gasteiger partial charge in [-0.2, -0.15) is 10.2 Å². The molecular formula is C15H17N3O. The number of nitrogens with zero attached hydrogens (tertiary/aromatic N) is 2. The molecule has 0 radical (unpaired) electrons. The molecule has 0 aliphatic carbocycles. The predicted molar refractivity (Wildman–Crippen MR) is 77.3 cm³/mol. The minimum absolute atomic E-state index is 0.308. The van der Waals surface area contributed by atoms with Gasteiger partial charge in [0.1, 0.15) is 5.75 Å². The minimum Gasteiger partial charge on any atom is -0.507 e. The zero-order valence-electron chi connectivity index (χ0n) is 11.3. The van der Waals surface area contributed by atoms with Gasteiger partial charge in [0.2, 0.25) is 0 Å². The van der Waals surface area contributed by atoms with Crippen LogP contribution in [-0.2, 0) is 0 Å². The lowest BCUT2D eigenvalue weighted by atomic mass is 10.1. The first-order chi connectivity index (χ1) is 8.97. The van der Waals surface area contributed by atoms with Crippen molar-refractivity contribution >= 4 is 17.1 Å². The van der Waals surface area contributed by atoms with Crippen LogP contribution < -0.4 is 5.73 Å². The maximum Gasteiger partial charge on any atom is 0.121 e. The van der Waals surface area contributed by atoms with E-state index in [1.807, 2.05) is 32.9 Å². The van der Waals surface area contributed by atoms with Crippen LogP contribution in [0.25, 0.3) is 0 Å². The zero-order chi connectivity index (χ0) is 14.0. The highest BCUT2D eigenvalue weighted by molar-refractivity contribution is 5.55. The molecule has 0 spiro atoms. The van der Waals surface area contributed by atoms with Gasteiger partial charge in [0.05, 0.1) is 11.4 Å². The molecule has 0 aromatic heterocycles. The van der Waals surface area contributed by atoms with Gasteiger partial charge in [0, 0.05) is 5.69 Å². The lowest BCUT2D eigenvalue weighted by Crippen LogP contribution is -1.84. The molecular weight excluding hydrogens is 238 g/mol. The summed E-state index contributed by atoms with van der Waals surface area (Å²) < 4.78 is 0. The fourth-order valence-corrected chi connectivity index (χ4v) is 1.89. The Bertz CT molecular complexity index is 625. The number of nitrogens with two attached hydrogens (primary N) is 1. The van der Waals surface area contributed by atoms with E-state index < -0.39 is 0 Å². The molecule has 98 valence electrons. The first-order valence-corrected chi connectivity index (χ1v) is 6.05. The molecule has 0 saturated heterocycles. The number of phenols is 1. The molecule has 0 unspecified atom stereocenters. The van der Waals surface area contributed by atoms with Gasteiger partial charge in [-0.3, -0.25) is 0 Å². The van der Waals surface area contributed by atoms with Crippen LogP contribution in [0.5, 0.6) is 5.75 Å². The first kappa shape index (κ1) is 13.1. The van der Waals surface area contributed by atoms with Crippen LogP contribution >= 0.6 is 0 Å². The lowest BCUT2D eigenvalue weighted by molar-refractivity contribution is 0.467. The number of hydrogen-bond acceptors (Lipinski definition) is 4. The molecule has 4 heteroatoms. The van der Waals surface area contributed by atoms with Crippen molar-refractivity contribution in [1.82, 2.24) is 0 Å². The second kappa shape index (κ2) is 5.10. The Labute approximate surface area is 112 Å². The average molecular weight is 255 g/mol. The number of rotatable bonds is 2. The van der Waals surface area contributed by atoms with Crippen molar-refractivity contribution in [2.45, 2.75) is 20.8 Å². The molecule has 3 N–H and O–H groups in total. The Kier molecular flexibility index (Phi) is 3.51. The van der Waals surface area contributed by atoms with E-state index in [1.165, 1.54) is 0 Å². The number of aromatic hydroxyl groups is 1. The van der Waals surface area contributed by atoms with Crippen molar-refractivity contribution in [3.8, 4) is 5.75 Å². The lowest BCUT2D eigenvalue weighted by Gasteiger charge is -2.04. The normalized spacial score (nSPS) is 11.1. The maximum absolute atomic E-state index is 9.70. The van der Waals surface area contributed by atoms with E-state index in [-0.39, 0.29) is 0 Å². The number of aryl methyl sites for hydroxylation is 3. The van der Waals surface area contributed by atoms with Gasteiger partial charge < -0.3 is 10.8 Å². The van der Waals surface area contributed by atoms with Crippen molar-refractivity contribution in [3.63, 3.8) is 0 Å². The van der Waals surface area contributed by atoms with Crippen molar-refractivity contribution < 1.29 is 5.11 Å². The van der Waals surface area contributed by atoms with Crippen molar-refractivity contribution in [3.05, 3.63) is 47.0 Å². The third kappa shape index (κ3) is 2.91. The van der Waals surface area contributed by atoms with Gasteiger partial charge >= 0.3 is 0 Å². The Hall–Kier alpha value is -2.36. The highest BCUT2D eigenvalue weighted by atomic mass is 16.3. The topological polar surface area (TPSA) is 71.0 Å². The fraction of sp³-hybridized carbons (Fsp3) is 0.200. The van der Waals surface area contributed by atoms with E-state index in [4.69, 9.17) is 5.73 Å². The molecule has 2 rings (SSSR count). The minimum atomic E-state index is 0.308. The van der Waals surface area contributed by atoms with Gasteiger partial charge in [-0.1, -0.05) is 0 Å². The highest BCUT2D eigenvalue weighted by Gasteiger charge is 2.03. The Balaban J connectivity index is 2.32. The summed E-state index contributed by atoms with van der Waals surface area (Å²) >= 11 is 0. The van der Waals surface area contributed by atoms with Crippen molar-refractivity contribution in [2.75, 3.05) is 5.73 Å². The van der Waals surface area contributed by atoms with E-state index in [9.17, 15) is 5.11 Å². The average Bonchev–Trinajstić information content (AvgIpc) is 2.34. The second-order valence-corrected chi connectivity index (χ2v) is 4.67. The zero-order valence-corrected chi connectivity index (χ0v) is 11.3. The smallest absolute Gasteiger partial charge is 0.121 e. The molecule has 0 heterocycles. The van der Waals surface area contributed by atoms with Crippen LogP contribution in [0.2, 0.25) is 0 Å². The van der Waals surface area contributed by atoms with E-state index in [2.05, 4.69) is 10.2 Å². The number of nitrogen functional groups attached to an aromatic ring is 1. The van der Waals surface area contributed by atoms with E-state index in [1.54, 1.807) is 18.2 Å². The van der Waals surface area contributed by atoms with E-state index in [0.717, 1.165) is 28.1 Å². The van der Waals surface area contributed by atoms with Crippen LogP contribution in [0, 0.1) is 20.8 Å². The van der Waals surface area contributed by atoms with E-state index in [0.29, 0.717) is 11.4 Å². The first-order valence-electron chi connectivity index (χ1n) is 6.05. The fourth-order valence-electron chi connectivity index (χ4n) is 1.89. The van der Waals surface area contributed by atoms with Gasteiger partial charge in [-0.15, -0.1) is 0 Å². The monoisotopic (exact) mass is 255 g/mol. The molecule has 0 aliphatic rings. The molecule has 0 fully saturated rings. The Morgan fingerprint density at radius 2 is 1.53 bits per heavy atom. The predicted octanol–water partition coefficient (Wildman–Crippen LogP) is 4.32. The van der Waals surface area contributed by atoms with Crippen LogP contribution in [0.1, 0.15) is 16.7 Å². The molecule has 19 heavy (non-hydrogen) atoms. The Morgan fingerprint density at radius 3 is 2.11 bits per heavy atom. The van der Waals surface area contributed by atoms with Crippen LogP contribution in [0.15, 0.2) is 40.6 Å². The molecule has 0 amide bonds. The second-order valence-electron chi connectivity index (χ2n) is 4.67. The molecule has 2 aromatic carbocycles. The van der Waals surface area contributed by atoms with Gasteiger partial charge in [-0.05, 0) is 67.8 Å². The Morgan fingerprint density at radius 1 is 0.895 bits per heavy atom. The number of benzene rings is 2. The van der Waals surface area contributed by atoms with Gasteiger partial charge in [0.25, 0.3) is 0 Å². The number of azo groups is 1. The summed E-state index contributed by atoms with van der Waals surface area (Å²) in [7, 11) is 0. The molecule has 4 nitrogen and oxygen atoms in total. The number of hydrogen-bond donors (Lipinski definition) is 2. The van der Waals surface area contributed by atoms with Gasteiger partial charge in [-0.25, -0.2) is 0 Å². The standard InChI is InChI=1S/C15H17N3O/c1-9-6-12(16)4-5-14(9)18-17-13-7-10(2)15(19)11(3)8-13/h4-8,19H,16H2,1-3H3. The summed E-state index contributed by atoms with van der Waals surface area (Å²) in [5.41, 5.74) is 10.5. The van der Waals surface area contributed by atoms with Crippen LogP contribution in [0.4, 0.5) is 17.1 Å². The summed E-state index contributed by atoms with van der Waals surface area (Å²) in [5.74, 6) is 0.308. The summed E-state index contributed by atoms with van der Waals surface area (Å²) in [6, 6.07) is 9.11. The third-order valence-electron chi connectivity index (χ3n) is 2.97. The molecule has 0 atom stereocenters. The summed E-state index contributed by atoms with van der Waals surface area (Å²) in [5, 5.41) is 18.1. The van der Waals surface area contributed by atoms with Gasteiger partial charge in [0.15, 0.2) is 0 Å². The molecule has 0 saturated carbocycles. The summed E-state index contributed by atoms with van der Waals surface area (Å²) in [6.07, 6.45) is 0. The SMILES string of the molecule is Cc1cc(N)ccc1N=Nc1cc(C)c(O)c(C)c1. The largest absolute Gasteiger partial charge is 0.507 e. The highest BCUT2D eigenvalue weighted by Crippen LogP contribution is 2.29. The quantitative estimate of drug-likeness (QED) is 0.619. The van der Waals surface area contributed by atoms with Crippen LogP contribution in [-0.4, -0.2) is 5.11 Å². The maximum atomic E-state index is 9.70. The molecule has 0 aliphatic heterocycles. The van der Waals surface area contributed by atoms with Crippen molar-refractivity contribution in [2.24, 2.45) is 10.2 Å². The number of phenolic OH excluding ortho intramolecular Hbond substituents is 1. The van der Waals surface area contributed by atoms with Crippen molar-refractivity contribution in [1.29, 1.82) is 0 Å². The summed E-state index contributed by atoms with van der Waals surface area (Å²) in [4.78, 5) is 0. The third-order valence-corrected chi connectivity index (χ3v) is 2.97.